The van der Waals surface area contributed by atoms with Gasteiger partial charge in [-0.3, -0.25) is 9.78 Å². The Kier molecular flexibility index (Phi) is 5.80. The van der Waals surface area contributed by atoms with Gasteiger partial charge in [0, 0.05) is 11.1 Å². The number of amides is 1. The van der Waals surface area contributed by atoms with Gasteiger partial charge in [0.15, 0.2) is 12.3 Å². The van der Waals surface area contributed by atoms with Crippen molar-refractivity contribution in [3.63, 3.8) is 0 Å². The molecular formula is C18H19N3O5S. The molecule has 142 valence electrons. The minimum Gasteiger partial charge on any atom is -0.462 e. The Bertz CT molecular complexity index is 876. The molecule has 3 rings (SSSR count). The molecule has 27 heavy (non-hydrogen) atoms. The molecular weight excluding hydrogens is 370 g/mol. The van der Waals surface area contributed by atoms with Gasteiger partial charge in [0.05, 0.1) is 24.1 Å². The third-order valence-electron chi connectivity index (χ3n) is 3.98. The Hall–Kier alpha value is -2.81. The third-order valence-corrected chi connectivity index (χ3v) is 5.19. The number of anilines is 1. The number of aryl methyl sites for hydroxylation is 2. The highest BCUT2D eigenvalue weighted by molar-refractivity contribution is 7.17. The summed E-state index contributed by atoms with van der Waals surface area (Å²) < 4.78 is 10.1. The lowest BCUT2D eigenvalue weighted by Gasteiger charge is -2.08. The number of hydrogen-bond donors (Lipinski definition) is 1. The minimum atomic E-state index is -0.739. The molecule has 1 aliphatic carbocycles. The van der Waals surface area contributed by atoms with E-state index in [9.17, 15) is 14.4 Å². The van der Waals surface area contributed by atoms with E-state index in [1.165, 1.54) is 23.7 Å². The number of rotatable bonds is 6. The van der Waals surface area contributed by atoms with Crippen LogP contribution in [0.2, 0.25) is 0 Å². The van der Waals surface area contributed by atoms with Crippen LogP contribution in [0.5, 0.6) is 0 Å². The van der Waals surface area contributed by atoms with Gasteiger partial charge in [0.2, 0.25) is 0 Å². The molecule has 0 atom stereocenters. The summed E-state index contributed by atoms with van der Waals surface area (Å²) in [5, 5.41) is 3.10. The van der Waals surface area contributed by atoms with E-state index in [1.54, 1.807) is 13.8 Å². The molecule has 0 aromatic carbocycles. The normalized spacial score (nSPS) is 12.4. The van der Waals surface area contributed by atoms with Gasteiger partial charge in [-0.2, -0.15) is 0 Å². The van der Waals surface area contributed by atoms with E-state index in [-0.39, 0.29) is 12.3 Å². The van der Waals surface area contributed by atoms with Gasteiger partial charge < -0.3 is 14.8 Å². The van der Waals surface area contributed by atoms with Crippen molar-refractivity contribution in [3.05, 3.63) is 39.8 Å². The number of carbonyl (C=O) groups excluding carboxylic acids is 3. The monoisotopic (exact) mass is 389 g/mol. The average Bonchev–Trinajstić information content (AvgIpc) is 3.21. The number of ether oxygens (including phenoxy) is 2. The van der Waals surface area contributed by atoms with E-state index in [1.807, 2.05) is 0 Å². The Morgan fingerprint density at radius 3 is 2.67 bits per heavy atom. The highest BCUT2D eigenvalue weighted by Gasteiger charge is 2.28. The van der Waals surface area contributed by atoms with Gasteiger partial charge in [-0.25, -0.2) is 14.6 Å². The summed E-state index contributed by atoms with van der Waals surface area (Å²) in [5.41, 5.74) is 2.05. The maximum absolute atomic E-state index is 12.3. The van der Waals surface area contributed by atoms with E-state index in [0.29, 0.717) is 16.3 Å². The number of thiophene rings is 1. The lowest BCUT2D eigenvalue weighted by molar-refractivity contribution is -0.119. The molecule has 1 N–H and O–H groups in total. The van der Waals surface area contributed by atoms with E-state index in [2.05, 4.69) is 15.3 Å². The maximum atomic E-state index is 12.3. The van der Waals surface area contributed by atoms with Crippen molar-refractivity contribution in [1.29, 1.82) is 0 Å². The molecule has 2 aromatic rings. The standard InChI is InChI=1S/C18H19N3O5S/c1-3-25-18(24)15-11-5-4-6-13(11)27-16(15)21-14(22)9-26-17(23)12-8-19-10(2)7-20-12/h7-8H,3-6,9H2,1-2H3,(H,21,22). The molecule has 0 saturated heterocycles. The van der Waals surface area contributed by atoms with Crippen molar-refractivity contribution in [1.82, 2.24) is 9.97 Å². The summed E-state index contributed by atoms with van der Waals surface area (Å²) >= 11 is 1.37. The van der Waals surface area contributed by atoms with Crippen LogP contribution in [-0.2, 0) is 27.1 Å². The molecule has 0 unspecified atom stereocenters. The van der Waals surface area contributed by atoms with Gasteiger partial charge in [-0.1, -0.05) is 0 Å². The molecule has 9 heteroatoms. The second-order valence-electron chi connectivity index (χ2n) is 5.95. The molecule has 1 aliphatic rings. The summed E-state index contributed by atoms with van der Waals surface area (Å²) in [6.07, 6.45) is 5.38. The molecule has 0 spiro atoms. The smallest absolute Gasteiger partial charge is 0.359 e. The predicted molar refractivity (Wildman–Crippen MR) is 98.0 cm³/mol. The number of fused-ring (bicyclic) bond motifs is 1. The molecule has 2 heterocycles. The van der Waals surface area contributed by atoms with Gasteiger partial charge in [-0.15, -0.1) is 11.3 Å². The fourth-order valence-electron chi connectivity index (χ4n) is 2.78. The first kappa shape index (κ1) is 19.0. The lowest BCUT2D eigenvalue weighted by atomic mass is 10.1. The van der Waals surface area contributed by atoms with Crippen molar-refractivity contribution in [2.24, 2.45) is 0 Å². The first-order valence-corrected chi connectivity index (χ1v) is 9.38. The predicted octanol–water partition coefficient (Wildman–Crippen LogP) is 2.31. The quantitative estimate of drug-likeness (QED) is 0.755. The van der Waals surface area contributed by atoms with Crippen molar-refractivity contribution < 1.29 is 23.9 Å². The van der Waals surface area contributed by atoms with E-state index in [0.717, 1.165) is 29.7 Å². The summed E-state index contributed by atoms with van der Waals surface area (Å²) in [5.74, 6) is -1.72. The summed E-state index contributed by atoms with van der Waals surface area (Å²) in [4.78, 5) is 45.3. The zero-order chi connectivity index (χ0) is 19.4. The zero-order valence-corrected chi connectivity index (χ0v) is 15.9. The van der Waals surface area contributed by atoms with Crippen molar-refractivity contribution in [3.8, 4) is 0 Å². The highest BCUT2D eigenvalue weighted by atomic mass is 32.1. The largest absolute Gasteiger partial charge is 0.462 e. The Labute approximate surface area is 159 Å². The van der Waals surface area contributed by atoms with Crippen LogP contribution in [0, 0.1) is 6.92 Å². The van der Waals surface area contributed by atoms with Gasteiger partial charge >= 0.3 is 11.9 Å². The Balaban J connectivity index is 1.65. The summed E-state index contributed by atoms with van der Waals surface area (Å²) in [6, 6.07) is 0. The minimum absolute atomic E-state index is 0.0238. The number of nitrogens with zero attached hydrogens (tertiary/aromatic N) is 2. The van der Waals surface area contributed by atoms with Crippen LogP contribution in [0.25, 0.3) is 0 Å². The molecule has 2 aromatic heterocycles. The molecule has 0 bridgehead atoms. The molecule has 1 amide bonds. The van der Waals surface area contributed by atoms with Crippen LogP contribution >= 0.6 is 11.3 Å². The van der Waals surface area contributed by atoms with Crippen LogP contribution < -0.4 is 5.32 Å². The molecule has 8 nitrogen and oxygen atoms in total. The first-order chi connectivity index (χ1) is 13.0. The topological polar surface area (TPSA) is 107 Å². The average molecular weight is 389 g/mol. The fourth-order valence-corrected chi connectivity index (χ4v) is 4.07. The van der Waals surface area contributed by atoms with Gasteiger partial charge in [0.25, 0.3) is 5.91 Å². The van der Waals surface area contributed by atoms with Crippen molar-refractivity contribution in [2.45, 2.75) is 33.1 Å². The van der Waals surface area contributed by atoms with Crippen LogP contribution in [-0.4, -0.2) is 41.0 Å². The number of nitrogens with one attached hydrogen (secondary N) is 1. The fraction of sp³-hybridized carbons (Fsp3) is 0.389. The van der Waals surface area contributed by atoms with Crippen LogP contribution in [0.3, 0.4) is 0 Å². The second kappa shape index (κ2) is 8.26. The van der Waals surface area contributed by atoms with Crippen molar-refractivity contribution in [2.75, 3.05) is 18.5 Å². The molecule has 0 radical (unpaired) electrons. The number of aromatic nitrogens is 2. The molecule has 0 saturated carbocycles. The third kappa shape index (κ3) is 4.30. The lowest BCUT2D eigenvalue weighted by Crippen LogP contribution is -2.22. The summed E-state index contributed by atoms with van der Waals surface area (Å²) in [7, 11) is 0. The molecule has 0 fully saturated rings. The SMILES string of the molecule is CCOC(=O)c1c(NC(=O)COC(=O)c2cnc(C)cn2)sc2c1CCC2. The first-order valence-electron chi connectivity index (χ1n) is 8.56. The van der Waals surface area contributed by atoms with Crippen LogP contribution in [0.1, 0.15) is 50.3 Å². The number of hydrogen-bond acceptors (Lipinski definition) is 8. The zero-order valence-electron chi connectivity index (χ0n) is 15.0. The number of carbonyl (C=O) groups is 3. The van der Waals surface area contributed by atoms with Crippen molar-refractivity contribution >= 4 is 34.2 Å². The Morgan fingerprint density at radius 2 is 1.96 bits per heavy atom. The van der Waals surface area contributed by atoms with E-state index < -0.39 is 24.5 Å². The highest BCUT2D eigenvalue weighted by Crippen LogP contribution is 2.39. The molecule has 0 aliphatic heterocycles. The van der Waals surface area contributed by atoms with E-state index in [4.69, 9.17) is 9.47 Å². The Morgan fingerprint density at radius 1 is 1.15 bits per heavy atom. The van der Waals surface area contributed by atoms with E-state index >= 15 is 0 Å². The van der Waals surface area contributed by atoms with Gasteiger partial charge in [0.1, 0.15) is 5.00 Å². The maximum Gasteiger partial charge on any atom is 0.359 e. The number of esters is 2. The summed E-state index contributed by atoms with van der Waals surface area (Å²) in [6.45, 7) is 3.25. The van der Waals surface area contributed by atoms with Gasteiger partial charge in [-0.05, 0) is 38.7 Å². The second-order valence-corrected chi connectivity index (χ2v) is 7.05. The van der Waals surface area contributed by atoms with Crippen LogP contribution in [0.15, 0.2) is 12.4 Å². The van der Waals surface area contributed by atoms with Crippen LogP contribution in [0.4, 0.5) is 5.00 Å².